The van der Waals surface area contributed by atoms with Crippen molar-refractivity contribution in [1.29, 1.82) is 0 Å². The number of alkyl halides is 4. The number of benzene rings is 1. The SMILES string of the molecule is COC(C)Cn1c(CCCl)nc2cc(C(F)(F)F)ccc21. The molecule has 2 aromatic rings. The van der Waals surface area contributed by atoms with Crippen molar-refractivity contribution in [1.82, 2.24) is 9.55 Å². The van der Waals surface area contributed by atoms with Crippen LogP contribution in [0.4, 0.5) is 13.2 Å². The van der Waals surface area contributed by atoms with Crippen LogP contribution in [0.3, 0.4) is 0 Å². The molecule has 0 spiro atoms. The number of nitrogens with zero attached hydrogens (tertiary/aromatic N) is 2. The molecular formula is C14H16ClF3N2O. The highest BCUT2D eigenvalue weighted by Gasteiger charge is 2.31. The summed E-state index contributed by atoms with van der Waals surface area (Å²) in [6, 6.07) is 3.59. The Morgan fingerprint density at radius 1 is 1.38 bits per heavy atom. The molecule has 3 nitrogen and oxygen atoms in total. The van der Waals surface area contributed by atoms with Crippen molar-refractivity contribution >= 4 is 22.6 Å². The average Bonchev–Trinajstić information content (AvgIpc) is 2.75. The van der Waals surface area contributed by atoms with E-state index in [1.165, 1.54) is 6.07 Å². The zero-order valence-electron chi connectivity index (χ0n) is 11.7. The summed E-state index contributed by atoms with van der Waals surface area (Å²) in [6.07, 6.45) is -3.95. The lowest BCUT2D eigenvalue weighted by Gasteiger charge is -2.14. The van der Waals surface area contributed by atoms with Crippen LogP contribution in [0.15, 0.2) is 18.2 Å². The topological polar surface area (TPSA) is 27.1 Å². The predicted molar refractivity (Wildman–Crippen MR) is 75.6 cm³/mol. The zero-order valence-corrected chi connectivity index (χ0v) is 12.5. The van der Waals surface area contributed by atoms with E-state index in [4.69, 9.17) is 16.3 Å². The van der Waals surface area contributed by atoms with Crippen molar-refractivity contribution in [3.63, 3.8) is 0 Å². The van der Waals surface area contributed by atoms with Gasteiger partial charge in [0.25, 0.3) is 0 Å². The number of hydrogen-bond donors (Lipinski definition) is 0. The van der Waals surface area contributed by atoms with E-state index >= 15 is 0 Å². The second-order valence-corrected chi connectivity index (χ2v) is 5.20. The Bertz CT molecular complexity index is 624. The number of aryl methyl sites for hydroxylation is 1. The van der Waals surface area contributed by atoms with Crippen molar-refractivity contribution in [2.45, 2.75) is 32.2 Å². The first-order valence-corrected chi connectivity index (χ1v) is 7.05. The van der Waals surface area contributed by atoms with E-state index < -0.39 is 11.7 Å². The summed E-state index contributed by atoms with van der Waals surface area (Å²) < 4.78 is 45.4. The normalized spacial score (nSPS) is 13.8. The van der Waals surface area contributed by atoms with E-state index in [0.29, 0.717) is 35.7 Å². The third kappa shape index (κ3) is 3.49. The number of rotatable bonds is 5. The number of aromatic nitrogens is 2. The molecule has 0 saturated heterocycles. The Hall–Kier alpha value is -1.27. The van der Waals surface area contributed by atoms with E-state index in [2.05, 4.69) is 4.98 Å². The fourth-order valence-electron chi connectivity index (χ4n) is 2.17. The summed E-state index contributed by atoms with van der Waals surface area (Å²) in [5.74, 6) is 1.03. The molecule has 0 amide bonds. The summed E-state index contributed by atoms with van der Waals surface area (Å²) in [5, 5.41) is 0. The van der Waals surface area contributed by atoms with Gasteiger partial charge in [0.2, 0.25) is 0 Å². The molecule has 0 bridgehead atoms. The summed E-state index contributed by atoms with van der Waals surface area (Å²) >= 11 is 5.75. The number of imidazole rings is 1. The van der Waals surface area contributed by atoms with Gasteiger partial charge in [0, 0.05) is 19.4 Å². The van der Waals surface area contributed by atoms with Crippen LogP contribution in [0.25, 0.3) is 11.0 Å². The first-order valence-electron chi connectivity index (χ1n) is 6.52. The molecule has 0 aliphatic heterocycles. The van der Waals surface area contributed by atoms with Gasteiger partial charge in [-0.3, -0.25) is 0 Å². The lowest BCUT2D eigenvalue weighted by molar-refractivity contribution is -0.137. The van der Waals surface area contributed by atoms with Crippen molar-refractivity contribution in [3.05, 3.63) is 29.6 Å². The molecule has 1 unspecified atom stereocenters. The standard InChI is InChI=1S/C14H16ClF3N2O/c1-9(21-2)8-20-12-4-3-10(14(16,17)18)7-11(12)19-13(20)5-6-15/h3-4,7,9H,5-6,8H2,1-2H3. The molecule has 0 aliphatic carbocycles. The minimum atomic E-state index is -4.37. The molecule has 1 heterocycles. The number of fused-ring (bicyclic) bond motifs is 1. The van der Waals surface area contributed by atoms with Gasteiger partial charge in [-0.25, -0.2) is 4.98 Å². The highest BCUT2D eigenvalue weighted by Crippen LogP contribution is 2.31. The highest BCUT2D eigenvalue weighted by molar-refractivity contribution is 6.17. The second kappa shape index (κ2) is 6.23. The molecule has 2 rings (SSSR count). The van der Waals surface area contributed by atoms with Crippen LogP contribution < -0.4 is 0 Å². The van der Waals surface area contributed by atoms with Crippen LogP contribution in [0.5, 0.6) is 0 Å². The van der Waals surface area contributed by atoms with Crippen LogP contribution in [-0.2, 0) is 23.9 Å². The number of ether oxygens (including phenoxy) is 1. The molecule has 0 saturated carbocycles. The van der Waals surface area contributed by atoms with Gasteiger partial charge >= 0.3 is 6.18 Å². The molecule has 116 valence electrons. The molecule has 7 heteroatoms. The molecule has 0 aliphatic rings. The van der Waals surface area contributed by atoms with Crippen molar-refractivity contribution in [3.8, 4) is 0 Å². The summed E-state index contributed by atoms with van der Waals surface area (Å²) in [4.78, 5) is 4.29. The largest absolute Gasteiger partial charge is 0.416 e. The summed E-state index contributed by atoms with van der Waals surface area (Å²) in [5.41, 5.74) is 0.289. The highest BCUT2D eigenvalue weighted by atomic mass is 35.5. The van der Waals surface area contributed by atoms with E-state index in [1.807, 2.05) is 11.5 Å². The Balaban J connectivity index is 2.51. The van der Waals surface area contributed by atoms with Crippen LogP contribution in [0.1, 0.15) is 18.3 Å². The lowest BCUT2D eigenvalue weighted by Crippen LogP contribution is -2.17. The molecule has 0 fully saturated rings. The van der Waals surface area contributed by atoms with Crippen LogP contribution >= 0.6 is 11.6 Å². The molecule has 0 N–H and O–H groups in total. The van der Waals surface area contributed by atoms with Gasteiger partial charge in [0.05, 0.1) is 29.2 Å². The van der Waals surface area contributed by atoms with Gasteiger partial charge < -0.3 is 9.30 Å². The fraction of sp³-hybridized carbons (Fsp3) is 0.500. The van der Waals surface area contributed by atoms with Crippen molar-refractivity contribution < 1.29 is 17.9 Å². The summed E-state index contributed by atoms with van der Waals surface area (Å²) in [6.45, 7) is 2.41. The maximum atomic E-state index is 12.8. The third-order valence-electron chi connectivity index (χ3n) is 3.31. The number of methoxy groups -OCH3 is 1. The Kier molecular flexibility index (Phi) is 4.78. The molecular weight excluding hydrogens is 305 g/mol. The average molecular weight is 321 g/mol. The van der Waals surface area contributed by atoms with Gasteiger partial charge in [0.1, 0.15) is 5.82 Å². The molecule has 1 aromatic heterocycles. The van der Waals surface area contributed by atoms with E-state index in [-0.39, 0.29) is 6.10 Å². The van der Waals surface area contributed by atoms with Crippen molar-refractivity contribution in [2.24, 2.45) is 0 Å². The van der Waals surface area contributed by atoms with Gasteiger partial charge in [0.15, 0.2) is 0 Å². The zero-order chi connectivity index (χ0) is 15.6. The molecule has 1 aromatic carbocycles. The fourth-order valence-corrected chi connectivity index (χ4v) is 2.34. The Morgan fingerprint density at radius 3 is 2.67 bits per heavy atom. The van der Waals surface area contributed by atoms with Gasteiger partial charge in [-0.1, -0.05) is 0 Å². The molecule has 0 radical (unpaired) electrons. The first kappa shape index (κ1) is 16.1. The van der Waals surface area contributed by atoms with E-state index in [0.717, 1.165) is 12.1 Å². The third-order valence-corrected chi connectivity index (χ3v) is 3.50. The van der Waals surface area contributed by atoms with Gasteiger partial charge in [-0.05, 0) is 25.1 Å². The van der Waals surface area contributed by atoms with E-state index in [9.17, 15) is 13.2 Å². The number of hydrogen-bond acceptors (Lipinski definition) is 2. The van der Waals surface area contributed by atoms with Crippen LogP contribution in [0, 0.1) is 0 Å². The van der Waals surface area contributed by atoms with Gasteiger partial charge in [-0.2, -0.15) is 13.2 Å². The van der Waals surface area contributed by atoms with Crippen molar-refractivity contribution in [2.75, 3.05) is 13.0 Å². The molecule has 1 atom stereocenters. The Morgan fingerprint density at radius 2 is 2.10 bits per heavy atom. The monoisotopic (exact) mass is 320 g/mol. The lowest BCUT2D eigenvalue weighted by atomic mass is 10.2. The summed E-state index contributed by atoms with van der Waals surface area (Å²) in [7, 11) is 1.59. The predicted octanol–water partition coefficient (Wildman–Crippen LogP) is 3.87. The first-order chi connectivity index (χ1) is 9.86. The van der Waals surface area contributed by atoms with E-state index in [1.54, 1.807) is 7.11 Å². The minimum absolute atomic E-state index is 0.0706. The van der Waals surface area contributed by atoms with Gasteiger partial charge in [-0.15, -0.1) is 11.6 Å². The maximum absolute atomic E-state index is 12.8. The number of halogens is 4. The smallest absolute Gasteiger partial charge is 0.380 e. The van der Waals surface area contributed by atoms with Crippen LogP contribution in [0.2, 0.25) is 0 Å². The Labute approximate surface area is 125 Å². The molecule has 21 heavy (non-hydrogen) atoms. The second-order valence-electron chi connectivity index (χ2n) is 4.83. The minimum Gasteiger partial charge on any atom is -0.380 e. The van der Waals surface area contributed by atoms with Crippen LogP contribution in [-0.4, -0.2) is 28.6 Å². The maximum Gasteiger partial charge on any atom is 0.416 e. The quantitative estimate of drug-likeness (QED) is 0.782.